The zero-order valence-corrected chi connectivity index (χ0v) is 24.8. The molecular formula is C30H27N7O4S2. The number of non-ortho nitro benzene ring substituents is 1. The van der Waals surface area contributed by atoms with Crippen LogP contribution in [-0.2, 0) is 5.75 Å². The number of benzene rings is 3. The summed E-state index contributed by atoms with van der Waals surface area (Å²) in [5, 5.41) is 23.3. The number of rotatable bonds is 9. The molecule has 3 heterocycles. The summed E-state index contributed by atoms with van der Waals surface area (Å²) in [5.74, 6) is 1.88. The predicted molar refractivity (Wildman–Crippen MR) is 166 cm³/mol. The fourth-order valence-electron chi connectivity index (χ4n) is 4.84. The molecule has 1 amide bonds. The third-order valence-corrected chi connectivity index (χ3v) is 9.04. The smallest absolute Gasteiger partial charge is 0.273 e. The first-order chi connectivity index (χ1) is 21.0. The molecule has 43 heavy (non-hydrogen) atoms. The molecule has 6 rings (SSSR count). The summed E-state index contributed by atoms with van der Waals surface area (Å²) in [5.41, 5.74) is 3.23. The Morgan fingerprint density at radius 3 is 2.47 bits per heavy atom. The Balaban J connectivity index is 1.12. The lowest BCUT2D eigenvalue weighted by atomic mass is 10.2. The van der Waals surface area contributed by atoms with Crippen LogP contribution >= 0.6 is 23.1 Å². The van der Waals surface area contributed by atoms with E-state index >= 15 is 0 Å². The number of piperazine rings is 1. The van der Waals surface area contributed by atoms with Gasteiger partial charge in [-0.3, -0.25) is 19.5 Å². The summed E-state index contributed by atoms with van der Waals surface area (Å²) in [6.45, 7) is 2.37. The fraction of sp³-hybridized carbons (Fsp3) is 0.200. The highest BCUT2D eigenvalue weighted by molar-refractivity contribution is 7.98. The van der Waals surface area contributed by atoms with Crippen molar-refractivity contribution in [2.24, 2.45) is 0 Å². The molecular weight excluding hydrogens is 587 g/mol. The number of para-hydroxylation sites is 1. The molecule has 0 unspecified atom stereocenters. The van der Waals surface area contributed by atoms with E-state index in [9.17, 15) is 14.9 Å². The molecule has 0 spiro atoms. The third-order valence-electron chi connectivity index (χ3n) is 7.06. The number of thiazole rings is 1. The first kappa shape index (κ1) is 28.4. The molecule has 11 nitrogen and oxygen atoms in total. The first-order valence-electron chi connectivity index (χ1n) is 13.5. The fourth-order valence-corrected chi connectivity index (χ4v) is 6.58. The second-order valence-electron chi connectivity index (χ2n) is 9.68. The topological polar surface area (TPSA) is 120 Å². The van der Waals surface area contributed by atoms with Gasteiger partial charge >= 0.3 is 0 Å². The Kier molecular flexibility index (Phi) is 8.34. The van der Waals surface area contributed by atoms with E-state index in [1.165, 1.54) is 35.2 Å². The maximum absolute atomic E-state index is 13.2. The second kappa shape index (κ2) is 12.6. The van der Waals surface area contributed by atoms with Gasteiger partial charge in [0, 0.05) is 60.6 Å². The Morgan fingerprint density at radius 2 is 1.74 bits per heavy atom. The van der Waals surface area contributed by atoms with Crippen molar-refractivity contribution in [3.05, 3.63) is 105 Å². The van der Waals surface area contributed by atoms with Crippen LogP contribution in [0.2, 0.25) is 0 Å². The molecule has 1 saturated heterocycles. The van der Waals surface area contributed by atoms with E-state index in [0.717, 1.165) is 32.9 Å². The van der Waals surface area contributed by atoms with E-state index in [1.807, 2.05) is 64.5 Å². The van der Waals surface area contributed by atoms with E-state index < -0.39 is 4.92 Å². The maximum atomic E-state index is 13.2. The first-order valence-corrected chi connectivity index (χ1v) is 15.4. The van der Waals surface area contributed by atoms with Gasteiger partial charge in [0.15, 0.2) is 11.0 Å². The van der Waals surface area contributed by atoms with Gasteiger partial charge in [-0.05, 0) is 36.4 Å². The van der Waals surface area contributed by atoms with Crippen molar-refractivity contribution in [2.45, 2.75) is 10.9 Å². The van der Waals surface area contributed by atoms with Crippen LogP contribution < -0.4 is 9.64 Å². The Morgan fingerprint density at radius 1 is 0.977 bits per heavy atom. The number of hydrogen-bond donors (Lipinski definition) is 0. The van der Waals surface area contributed by atoms with E-state index in [1.54, 1.807) is 24.1 Å². The number of carbonyl (C=O) groups is 1. The van der Waals surface area contributed by atoms with E-state index in [2.05, 4.69) is 20.1 Å². The number of thioether (sulfide) groups is 1. The Hall–Kier alpha value is -4.75. The highest BCUT2D eigenvalue weighted by atomic mass is 32.2. The number of hydrogen-bond acceptors (Lipinski definition) is 10. The number of nitrogens with zero attached hydrogens (tertiary/aromatic N) is 7. The van der Waals surface area contributed by atoms with Gasteiger partial charge in [-0.1, -0.05) is 42.1 Å². The lowest BCUT2D eigenvalue weighted by Gasteiger charge is -2.35. The third kappa shape index (κ3) is 6.22. The number of amides is 1. The molecule has 13 heteroatoms. The van der Waals surface area contributed by atoms with Gasteiger partial charge in [0.05, 0.1) is 17.8 Å². The van der Waals surface area contributed by atoms with Crippen molar-refractivity contribution < 1.29 is 14.5 Å². The number of carbonyl (C=O) groups excluding carboxylic acids is 1. The SMILES string of the molecule is COc1cccc(-c2nnc(SCc3nc(C(=O)N4CCN(c5ccc([N+](=O)[O-])cc5)CC4)cs3)n2-c2ccccc2)c1. The molecule has 0 saturated carbocycles. The molecule has 1 aliphatic heterocycles. The Bertz CT molecular complexity index is 1730. The zero-order chi connectivity index (χ0) is 29.8. The molecule has 0 bridgehead atoms. The number of nitro benzene ring substituents is 1. The average molecular weight is 614 g/mol. The van der Waals surface area contributed by atoms with Crippen LogP contribution in [0.25, 0.3) is 17.1 Å². The minimum absolute atomic E-state index is 0.0627. The predicted octanol–water partition coefficient (Wildman–Crippen LogP) is 5.56. The lowest BCUT2D eigenvalue weighted by Crippen LogP contribution is -2.48. The molecule has 0 N–H and O–H groups in total. The molecule has 0 atom stereocenters. The van der Waals surface area contributed by atoms with Crippen LogP contribution in [0.4, 0.5) is 11.4 Å². The Labute approximate surface area is 255 Å². The quantitative estimate of drug-likeness (QED) is 0.120. The summed E-state index contributed by atoms with van der Waals surface area (Å²) >= 11 is 2.97. The van der Waals surface area contributed by atoms with Crippen molar-refractivity contribution in [3.63, 3.8) is 0 Å². The van der Waals surface area contributed by atoms with Gasteiger partial charge < -0.3 is 14.5 Å². The lowest BCUT2D eigenvalue weighted by molar-refractivity contribution is -0.384. The van der Waals surface area contributed by atoms with Crippen LogP contribution in [0.1, 0.15) is 15.5 Å². The maximum Gasteiger partial charge on any atom is 0.273 e. The normalized spacial score (nSPS) is 13.2. The van der Waals surface area contributed by atoms with Crippen molar-refractivity contribution in [2.75, 3.05) is 38.2 Å². The second-order valence-corrected chi connectivity index (χ2v) is 11.6. The van der Waals surface area contributed by atoms with Crippen molar-refractivity contribution in [1.82, 2.24) is 24.6 Å². The molecule has 2 aromatic heterocycles. The highest BCUT2D eigenvalue weighted by Gasteiger charge is 2.25. The van der Waals surface area contributed by atoms with E-state index in [0.29, 0.717) is 43.5 Å². The molecule has 218 valence electrons. The van der Waals surface area contributed by atoms with Crippen molar-refractivity contribution >= 4 is 40.4 Å². The molecule has 1 aliphatic rings. The highest BCUT2D eigenvalue weighted by Crippen LogP contribution is 2.32. The minimum atomic E-state index is -0.408. The van der Waals surface area contributed by atoms with Crippen LogP contribution in [0, 0.1) is 10.1 Å². The van der Waals surface area contributed by atoms with Crippen LogP contribution in [0.15, 0.2) is 89.4 Å². The molecule has 3 aromatic carbocycles. The number of anilines is 1. The molecule has 0 aliphatic carbocycles. The number of methoxy groups -OCH3 is 1. The molecule has 1 fully saturated rings. The monoisotopic (exact) mass is 613 g/mol. The average Bonchev–Trinajstić information content (AvgIpc) is 3.71. The van der Waals surface area contributed by atoms with Gasteiger partial charge in [-0.15, -0.1) is 21.5 Å². The molecule has 5 aromatic rings. The van der Waals surface area contributed by atoms with Crippen LogP contribution in [0.5, 0.6) is 5.75 Å². The van der Waals surface area contributed by atoms with Crippen molar-refractivity contribution in [1.29, 1.82) is 0 Å². The summed E-state index contributed by atoms with van der Waals surface area (Å²) in [6.07, 6.45) is 0. The zero-order valence-electron chi connectivity index (χ0n) is 23.2. The van der Waals surface area contributed by atoms with Crippen molar-refractivity contribution in [3.8, 4) is 22.8 Å². The molecule has 0 radical (unpaired) electrons. The van der Waals surface area contributed by atoms with Crippen LogP contribution in [0.3, 0.4) is 0 Å². The van der Waals surface area contributed by atoms with E-state index in [4.69, 9.17) is 4.74 Å². The summed E-state index contributed by atoms with van der Waals surface area (Å²) < 4.78 is 7.43. The summed E-state index contributed by atoms with van der Waals surface area (Å²) in [7, 11) is 1.64. The van der Waals surface area contributed by atoms with Gasteiger partial charge in [0.1, 0.15) is 16.5 Å². The minimum Gasteiger partial charge on any atom is -0.497 e. The summed E-state index contributed by atoms with van der Waals surface area (Å²) in [6, 6.07) is 24.2. The largest absolute Gasteiger partial charge is 0.497 e. The summed E-state index contributed by atoms with van der Waals surface area (Å²) in [4.78, 5) is 32.3. The number of nitro groups is 1. The van der Waals surface area contributed by atoms with E-state index in [-0.39, 0.29) is 11.6 Å². The van der Waals surface area contributed by atoms with Gasteiger partial charge in [0.25, 0.3) is 11.6 Å². The number of ether oxygens (including phenoxy) is 1. The number of aromatic nitrogens is 4. The van der Waals surface area contributed by atoms with Gasteiger partial charge in [-0.25, -0.2) is 4.98 Å². The van der Waals surface area contributed by atoms with Gasteiger partial charge in [0.2, 0.25) is 0 Å². The van der Waals surface area contributed by atoms with Crippen LogP contribution in [-0.4, -0.2) is 68.8 Å². The standard InChI is InChI=1S/C30H27N7O4S2/c1-41-25-9-5-6-21(18-25)28-32-33-30(36(28)23-7-3-2-4-8-23)43-20-27-31-26(19-42-27)29(38)35-16-14-34(15-17-35)22-10-12-24(13-11-22)37(39)40/h2-13,18-19H,14-17,20H2,1H3. The van der Waals surface area contributed by atoms with Gasteiger partial charge in [-0.2, -0.15) is 0 Å².